The summed E-state index contributed by atoms with van der Waals surface area (Å²) in [6.07, 6.45) is -0.279. The minimum Gasteiger partial charge on any atom is -0.463 e. The van der Waals surface area contributed by atoms with E-state index >= 15 is 0 Å². The Labute approximate surface area is 174 Å². The SMILES string of the molecule is CC(C)OC(=O)CC(O[Si](C)(C)C(C)(C)C)c1ccccc1C#C[Si](C)(C)C. The molecule has 0 heterocycles. The van der Waals surface area contributed by atoms with Gasteiger partial charge in [0.05, 0.1) is 18.6 Å². The summed E-state index contributed by atoms with van der Waals surface area (Å²) in [5.74, 6) is 3.14. The van der Waals surface area contributed by atoms with Gasteiger partial charge in [0.15, 0.2) is 8.32 Å². The summed E-state index contributed by atoms with van der Waals surface area (Å²) in [6, 6.07) is 8.05. The average molecular weight is 419 g/mol. The molecule has 0 aliphatic carbocycles. The fourth-order valence-electron chi connectivity index (χ4n) is 2.36. The molecule has 156 valence electrons. The molecule has 0 amide bonds. The van der Waals surface area contributed by atoms with Crippen LogP contribution in [0.4, 0.5) is 0 Å². The van der Waals surface area contributed by atoms with Gasteiger partial charge in [0.25, 0.3) is 0 Å². The number of hydrogen-bond acceptors (Lipinski definition) is 3. The number of carbonyl (C=O) groups is 1. The van der Waals surface area contributed by atoms with Crippen LogP contribution in [0.25, 0.3) is 0 Å². The molecule has 0 spiro atoms. The van der Waals surface area contributed by atoms with Gasteiger partial charge in [-0.05, 0) is 43.6 Å². The van der Waals surface area contributed by atoms with Gasteiger partial charge in [0, 0.05) is 5.56 Å². The molecule has 0 aromatic heterocycles. The average Bonchev–Trinajstić information content (AvgIpc) is 2.49. The summed E-state index contributed by atoms with van der Waals surface area (Å²) in [6.45, 7) is 21.5. The van der Waals surface area contributed by atoms with E-state index < -0.39 is 16.4 Å². The molecule has 1 rings (SSSR count). The monoisotopic (exact) mass is 418 g/mol. The van der Waals surface area contributed by atoms with Crippen LogP contribution in [0.1, 0.15) is 58.3 Å². The molecule has 5 heteroatoms. The zero-order chi connectivity index (χ0) is 21.8. The Kier molecular flexibility index (Phi) is 8.31. The lowest BCUT2D eigenvalue weighted by atomic mass is 10.0. The van der Waals surface area contributed by atoms with Crippen LogP contribution in [0.3, 0.4) is 0 Å². The first-order valence-corrected chi connectivity index (χ1v) is 16.5. The van der Waals surface area contributed by atoms with Crippen LogP contribution in [-0.4, -0.2) is 28.5 Å². The molecular weight excluding hydrogens is 380 g/mol. The maximum atomic E-state index is 12.5. The molecule has 1 aromatic rings. The first kappa shape index (κ1) is 24.7. The number of ether oxygens (including phenoxy) is 1. The maximum Gasteiger partial charge on any atom is 0.308 e. The Morgan fingerprint density at radius 2 is 1.64 bits per heavy atom. The van der Waals surface area contributed by atoms with Crippen LogP contribution in [0.5, 0.6) is 0 Å². The highest BCUT2D eigenvalue weighted by atomic mass is 28.4. The van der Waals surface area contributed by atoms with Crippen molar-refractivity contribution in [1.29, 1.82) is 0 Å². The number of esters is 1. The van der Waals surface area contributed by atoms with E-state index in [1.54, 1.807) is 0 Å². The van der Waals surface area contributed by atoms with Crippen LogP contribution in [0.15, 0.2) is 24.3 Å². The number of benzene rings is 1. The molecule has 3 nitrogen and oxygen atoms in total. The summed E-state index contributed by atoms with van der Waals surface area (Å²) in [4.78, 5) is 12.5. The molecule has 1 atom stereocenters. The standard InChI is InChI=1S/C23H38O3Si2/c1-18(2)25-22(24)17-21(26-28(9,10)23(3,4)5)20-14-12-11-13-19(20)15-16-27(6,7)8/h11-14,18,21H,17H2,1-10H3. The lowest BCUT2D eigenvalue weighted by molar-refractivity contribution is -0.149. The molecule has 1 unspecified atom stereocenters. The minimum atomic E-state index is -2.09. The van der Waals surface area contributed by atoms with Crippen molar-refractivity contribution in [3.8, 4) is 11.5 Å². The van der Waals surface area contributed by atoms with E-state index in [0.29, 0.717) is 0 Å². The predicted molar refractivity (Wildman–Crippen MR) is 124 cm³/mol. The van der Waals surface area contributed by atoms with Crippen molar-refractivity contribution < 1.29 is 14.0 Å². The highest BCUT2D eigenvalue weighted by Gasteiger charge is 2.40. The van der Waals surface area contributed by atoms with Gasteiger partial charge >= 0.3 is 5.97 Å². The molecular formula is C23H38O3Si2. The largest absolute Gasteiger partial charge is 0.463 e. The van der Waals surface area contributed by atoms with E-state index in [0.717, 1.165) is 11.1 Å². The van der Waals surface area contributed by atoms with Crippen molar-refractivity contribution >= 4 is 22.4 Å². The Balaban J connectivity index is 3.35. The van der Waals surface area contributed by atoms with E-state index in [-0.39, 0.29) is 29.6 Å². The van der Waals surface area contributed by atoms with Crippen LogP contribution >= 0.6 is 0 Å². The fourth-order valence-corrected chi connectivity index (χ4v) is 4.14. The maximum absolute atomic E-state index is 12.5. The second-order valence-electron chi connectivity index (χ2n) is 10.2. The lowest BCUT2D eigenvalue weighted by Crippen LogP contribution is -2.42. The van der Waals surface area contributed by atoms with Crippen molar-refractivity contribution in [2.24, 2.45) is 0 Å². The van der Waals surface area contributed by atoms with Gasteiger partial charge in [-0.15, -0.1) is 5.54 Å². The van der Waals surface area contributed by atoms with Gasteiger partial charge in [0.1, 0.15) is 8.07 Å². The van der Waals surface area contributed by atoms with Crippen LogP contribution in [0, 0.1) is 11.5 Å². The minimum absolute atomic E-state index is 0.0478. The third kappa shape index (κ3) is 7.94. The molecule has 0 N–H and O–H groups in total. The van der Waals surface area contributed by atoms with Crippen molar-refractivity contribution in [2.75, 3.05) is 0 Å². The van der Waals surface area contributed by atoms with E-state index in [2.05, 4.69) is 65.0 Å². The predicted octanol–water partition coefficient (Wildman–Crippen LogP) is 6.32. The summed E-state index contributed by atoms with van der Waals surface area (Å²) >= 11 is 0. The highest BCUT2D eigenvalue weighted by Crippen LogP contribution is 2.41. The van der Waals surface area contributed by atoms with E-state index in [4.69, 9.17) is 9.16 Å². The van der Waals surface area contributed by atoms with Gasteiger partial charge in [-0.25, -0.2) is 0 Å². The molecule has 0 saturated carbocycles. The Bertz CT molecular complexity index is 729. The number of hydrogen-bond donors (Lipinski definition) is 0. The van der Waals surface area contributed by atoms with E-state index in [1.807, 2.05) is 38.1 Å². The van der Waals surface area contributed by atoms with Gasteiger partial charge in [-0.1, -0.05) is 64.5 Å². The summed E-state index contributed by atoms with van der Waals surface area (Å²) in [7, 11) is -3.60. The van der Waals surface area contributed by atoms with Gasteiger partial charge < -0.3 is 9.16 Å². The topological polar surface area (TPSA) is 35.5 Å². The first-order chi connectivity index (χ1) is 12.6. The second-order valence-corrected chi connectivity index (χ2v) is 19.7. The van der Waals surface area contributed by atoms with Gasteiger partial charge in [-0.2, -0.15) is 0 Å². The zero-order valence-electron chi connectivity index (χ0n) is 19.4. The molecule has 0 bridgehead atoms. The highest BCUT2D eigenvalue weighted by molar-refractivity contribution is 6.83. The van der Waals surface area contributed by atoms with Crippen molar-refractivity contribution in [1.82, 2.24) is 0 Å². The van der Waals surface area contributed by atoms with Crippen molar-refractivity contribution in [2.45, 2.75) is 91.0 Å². The van der Waals surface area contributed by atoms with Crippen LogP contribution in [-0.2, 0) is 14.0 Å². The molecule has 0 saturated heterocycles. The molecule has 0 fully saturated rings. The molecule has 0 aliphatic heterocycles. The third-order valence-corrected chi connectivity index (χ3v) is 10.2. The third-order valence-electron chi connectivity index (χ3n) is 4.84. The Morgan fingerprint density at radius 1 is 1.07 bits per heavy atom. The molecule has 28 heavy (non-hydrogen) atoms. The zero-order valence-corrected chi connectivity index (χ0v) is 21.4. The van der Waals surface area contributed by atoms with Crippen LogP contribution < -0.4 is 0 Å². The van der Waals surface area contributed by atoms with Gasteiger partial charge in [0.2, 0.25) is 0 Å². The quantitative estimate of drug-likeness (QED) is 0.308. The van der Waals surface area contributed by atoms with Crippen molar-refractivity contribution in [3.05, 3.63) is 35.4 Å². The second kappa shape index (κ2) is 9.43. The summed E-state index contributed by atoms with van der Waals surface area (Å²) in [5, 5.41) is 0.0478. The smallest absolute Gasteiger partial charge is 0.308 e. The fraction of sp³-hybridized carbons (Fsp3) is 0.609. The molecule has 1 aromatic carbocycles. The van der Waals surface area contributed by atoms with E-state index in [9.17, 15) is 4.79 Å². The van der Waals surface area contributed by atoms with Gasteiger partial charge in [-0.3, -0.25) is 4.79 Å². The molecule has 0 radical (unpaired) electrons. The summed E-state index contributed by atoms with van der Waals surface area (Å²) < 4.78 is 12.1. The van der Waals surface area contributed by atoms with Crippen LogP contribution in [0.2, 0.25) is 37.8 Å². The Hall–Kier alpha value is -1.36. The summed E-state index contributed by atoms with van der Waals surface area (Å²) in [5.41, 5.74) is 5.38. The normalized spacial score (nSPS) is 13.7. The molecule has 0 aliphatic rings. The number of carbonyl (C=O) groups excluding carboxylic acids is 1. The number of rotatable bonds is 6. The lowest BCUT2D eigenvalue weighted by Gasteiger charge is -2.39. The Morgan fingerprint density at radius 3 is 2.14 bits per heavy atom. The first-order valence-electron chi connectivity index (χ1n) is 10.1. The van der Waals surface area contributed by atoms with E-state index in [1.165, 1.54) is 0 Å². The van der Waals surface area contributed by atoms with Crippen molar-refractivity contribution in [3.63, 3.8) is 0 Å².